The number of unbranched alkanes of at least 4 members (excludes halogenated alkanes) is 13. The van der Waals surface area contributed by atoms with E-state index in [-0.39, 0.29) is 34.3 Å². The van der Waals surface area contributed by atoms with Gasteiger partial charge in [-0.25, -0.2) is 8.42 Å². The lowest BCUT2D eigenvalue weighted by Gasteiger charge is -2.17. The molecule has 0 aliphatic heterocycles. The number of aromatic hydroxyl groups is 1. The van der Waals surface area contributed by atoms with Crippen LogP contribution < -0.4 is 15.2 Å². The Bertz CT molecular complexity index is 1700. The molecule has 260 valence electrons. The molecule has 0 radical (unpaired) electrons. The number of tetrazole rings is 1. The topological polar surface area (TPSA) is 173 Å². The smallest absolute Gasteiger partial charge is 0.252 e. The number of nitrogens with two attached hydrogens (primary N) is 1. The van der Waals surface area contributed by atoms with Gasteiger partial charge in [-0.15, -0.1) is 10.2 Å². The molecule has 3 aromatic carbocycles. The number of rotatable bonds is 23. The van der Waals surface area contributed by atoms with Gasteiger partial charge >= 0.3 is 0 Å². The number of thioether (sulfide) groups is 1. The highest BCUT2D eigenvalue weighted by Gasteiger charge is 2.19. The minimum Gasteiger partial charge on any atom is -0.506 e. The summed E-state index contributed by atoms with van der Waals surface area (Å²) in [6.45, 7) is 2.25. The van der Waals surface area contributed by atoms with Crippen molar-refractivity contribution >= 4 is 44.2 Å². The van der Waals surface area contributed by atoms with E-state index in [1.165, 1.54) is 82.0 Å². The molecule has 13 heteroatoms. The van der Waals surface area contributed by atoms with Gasteiger partial charge < -0.3 is 15.6 Å². The number of carbonyl (C=O) groups excluding carboxylic acids is 1. The number of fused-ring (bicyclic) bond motifs is 1. The lowest BCUT2D eigenvalue weighted by Crippen LogP contribution is -2.17. The third kappa shape index (κ3) is 11.7. The van der Waals surface area contributed by atoms with E-state index in [0.717, 1.165) is 24.8 Å². The lowest BCUT2D eigenvalue weighted by atomic mass is 10.0. The number of anilines is 1. The second-order valence-electron chi connectivity index (χ2n) is 12.1. The van der Waals surface area contributed by atoms with Crippen LogP contribution in [0, 0.1) is 0 Å². The van der Waals surface area contributed by atoms with Crippen molar-refractivity contribution in [2.75, 3.05) is 10.5 Å². The van der Waals surface area contributed by atoms with Crippen molar-refractivity contribution in [2.45, 2.75) is 108 Å². The van der Waals surface area contributed by atoms with E-state index >= 15 is 0 Å². The Morgan fingerprint density at radius 1 is 0.875 bits per heavy atom. The largest absolute Gasteiger partial charge is 0.506 e. The molecule has 0 fully saturated rings. The summed E-state index contributed by atoms with van der Waals surface area (Å²) in [5.74, 6) is -0.126. The van der Waals surface area contributed by atoms with Gasteiger partial charge in [0.1, 0.15) is 11.5 Å². The average Bonchev–Trinajstić information content (AvgIpc) is 3.60. The first-order chi connectivity index (χ1) is 23.3. The van der Waals surface area contributed by atoms with Crippen LogP contribution in [0.5, 0.6) is 17.2 Å². The van der Waals surface area contributed by atoms with E-state index in [4.69, 9.17) is 10.5 Å². The van der Waals surface area contributed by atoms with Gasteiger partial charge in [0, 0.05) is 16.5 Å². The first-order valence-electron chi connectivity index (χ1n) is 17.0. The standard InChI is InChI=1S/C35H48N6O5S2/c1-2-3-4-5-6-7-8-9-10-11-12-13-14-17-22-48(44,45)39-30-23-26(25-47-35-37-40-41-38-35)20-21-31(30)46-32-24-29(34(36)43)33(42)28-19-16-15-18-27(28)32/h15-16,18-21,23-24,39,42H,2-14,17,22,25H2,1H3,(H2,36,43)(H,37,38,40,41). The fraction of sp³-hybridized carbons (Fsp3) is 0.486. The number of ether oxygens (including phenoxy) is 1. The maximum atomic E-state index is 13.3. The monoisotopic (exact) mass is 696 g/mol. The third-order valence-corrected chi connectivity index (χ3v) is 10.5. The quantitative estimate of drug-likeness (QED) is 0.0438. The minimum atomic E-state index is -3.70. The van der Waals surface area contributed by atoms with Gasteiger partial charge in [-0.05, 0) is 35.4 Å². The van der Waals surface area contributed by atoms with Gasteiger partial charge in [0.15, 0.2) is 5.75 Å². The van der Waals surface area contributed by atoms with Crippen LogP contribution >= 0.6 is 11.8 Å². The van der Waals surface area contributed by atoms with Crippen LogP contribution in [0.2, 0.25) is 0 Å². The van der Waals surface area contributed by atoms with E-state index in [9.17, 15) is 18.3 Å². The average molecular weight is 697 g/mol. The first-order valence-corrected chi connectivity index (χ1v) is 19.6. The molecule has 0 saturated heterocycles. The highest BCUT2D eigenvalue weighted by molar-refractivity contribution is 7.98. The summed E-state index contributed by atoms with van der Waals surface area (Å²) >= 11 is 1.34. The molecule has 4 rings (SSSR count). The number of carbonyl (C=O) groups is 1. The van der Waals surface area contributed by atoms with Gasteiger partial charge in [-0.1, -0.05) is 132 Å². The molecule has 11 nitrogen and oxygen atoms in total. The van der Waals surface area contributed by atoms with Crippen LogP contribution in [0.15, 0.2) is 53.7 Å². The molecule has 1 amide bonds. The van der Waals surface area contributed by atoms with E-state index in [1.807, 2.05) is 6.07 Å². The molecule has 0 spiro atoms. The molecular weight excluding hydrogens is 649 g/mol. The van der Waals surface area contributed by atoms with Crippen LogP contribution in [0.3, 0.4) is 0 Å². The van der Waals surface area contributed by atoms with Crippen molar-refractivity contribution in [3.05, 3.63) is 59.7 Å². The molecule has 0 aliphatic rings. The zero-order chi connectivity index (χ0) is 34.2. The summed E-state index contributed by atoms with van der Waals surface area (Å²) in [6, 6.07) is 13.5. The van der Waals surface area contributed by atoms with Crippen LogP contribution in [0.25, 0.3) is 10.8 Å². The number of hydrogen-bond donors (Lipinski definition) is 4. The van der Waals surface area contributed by atoms with Gasteiger partial charge in [0.2, 0.25) is 15.2 Å². The van der Waals surface area contributed by atoms with Crippen LogP contribution in [-0.4, -0.2) is 45.8 Å². The number of phenols is 1. The number of benzene rings is 3. The predicted molar refractivity (Wildman–Crippen MR) is 192 cm³/mol. The molecule has 48 heavy (non-hydrogen) atoms. The van der Waals surface area contributed by atoms with Crippen molar-refractivity contribution in [3.8, 4) is 17.2 Å². The maximum absolute atomic E-state index is 13.3. The fourth-order valence-electron chi connectivity index (χ4n) is 5.62. The Morgan fingerprint density at radius 2 is 1.50 bits per heavy atom. The molecule has 4 aromatic rings. The van der Waals surface area contributed by atoms with E-state index in [0.29, 0.717) is 28.1 Å². The molecule has 0 atom stereocenters. The van der Waals surface area contributed by atoms with E-state index in [1.54, 1.807) is 36.4 Å². The number of aromatic amines is 1. The molecule has 0 aliphatic carbocycles. The zero-order valence-corrected chi connectivity index (χ0v) is 29.4. The zero-order valence-electron chi connectivity index (χ0n) is 27.7. The summed E-state index contributed by atoms with van der Waals surface area (Å²) in [5.41, 5.74) is 6.49. The Labute approximate surface area is 287 Å². The number of nitrogens with zero attached hydrogens (tertiary/aromatic N) is 3. The van der Waals surface area contributed by atoms with Gasteiger partial charge in [-0.3, -0.25) is 9.52 Å². The van der Waals surface area contributed by atoms with Crippen molar-refractivity contribution in [1.82, 2.24) is 20.6 Å². The van der Waals surface area contributed by atoms with Gasteiger partial charge in [-0.2, -0.15) is 5.21 Å². The van der Waals surface area contributed by atoms with Gasteiger partial charge in [0.05, 0.1) is 17.0 Å². The molecule has 0 saturated carbocycles. The molecule has 1 heterocycles. The highest BCUT2D eigenvalue weighted by atomic mass is 32.2. The summed E-state index contributed by atoms with van der Waals surface area (Å²) in [5, 5.41) is 25.9. The number of hydrogen-bond acceptors (Lipinski definition) is 9. The summed E-state index contributed by atoms with van der Waals surface area (Å²) in [4.78, 5) is 12.1. The summed E-state index contributed by atoms with van der Waals surface area (Å²) in [6.07, 6.45) is 16.6. The van der Waals surface area contributed by atoms with E-state index < -0.39 is 15.9 Å². The number of primary amides is 1. The van der Waals surface area contributed by atoms with Crippen LogP contribution in [0.4, 0.5) is 5.69 Å². The molecule has 0 bridgehead atoms. The van der Waals surface area contributed by atoms with Crippen molar-refractivity contribution in [3.63, 3.8) is 0 Å². The number of sulfonamides is 1. The highest BCUT2D eigenvalue weighted by Crippen LogP contribution is 2.40. The number of H-pyrrole nitrogens is 1. The van der Waals surface area contributed by atoms with E-state index in [2.05, 4.69) is 32.3 Å². The number of amides is 1. The Hall–Kier alpha value is -3.84. The molecule has 1 aromatic heterocycles. The number of aromatic nitrogens is 4. The third-order valence-electron chi connectivity index (χ3n) is 8.23. The van der Waals surface area contributed by atoms with Gasteiger partial charge in [0.25, 0.3) is 5.91 Å². The van der Waals surface area contributed by atoms with Crippen LogP contribution in [-0.2, 0) is 15.8 Å². The van der Waals surface area contributed by atoms with Crippen LogP contribution in [0.1, 0.15) is 113 Å². The number of nitrogens with one attached hydrogen (secondary N) is 2. The Kier molecular flexibility index (Phi) is 14.8. The fourth-order valence-corrected chi connectivity index (χ4v) is 7.48. The normalized spacial score (nSPS) is 11.6. The second kappa shape index (κ2) is 19.2. The summed E-state index contributed by atoms with van der Waals surface area (Å²) in [7, 11) is -3.70. The lowest BCUT2D eigenvalue weighted by molar-refractivity contribution is 0.0997. The first kappa shape index (κ1) is 37.0. The Balaban J connectivity index is 1.36. The van der Waals surface area contributed by atoms with Crippen molar-refractivity contribution < 1.29 is 23.1 Å². The molecular formula is C35H48N6O5S2. The van der Waals surface area contributed by atoms with Crippen molar-refractivity contribution in [2.24, 2.45) is 5.73 Å². The predicted octanol–water partition coefficient (Wildman–Crippen LogP) is 8.47. The van der Waals surface area contributed by atoms with Crippen molar-refractivity contribution in [1.29, 1.82) is 0 Å². The SMILES string of the molecule is CCCCCCCCCCCCCCCCS(=O)(=O)Nc1cc(CSc2nn[nH]n2)ccc1Oc1cc(C(N)=O)c(O)c2ccccc12. The Morgan fingerprint density at radius 3 is 2.10 bits per heavy atom. The minimum absolute atomic E-state index is 0.0136. The second-order valence-corrected chi connectivity index (χ2v) is 14.9. The molecule has 0 unspecified atom stereocenters. The maximum Gasteiger partial charge on any atom is 0.252 e. The summed E-state index contributed by atoms with van der Waals surface area (Å²) < 4.78 is 35.5. The molecule has 5 N–H and O–H groups in total.